The van der Waals surface area contributed by atoms with E-state index in [2.05, 4.69) is 10.2 Å². The Hall–Kier alpha value is -1.91. The number of methoxy groups -OCH3 is 2. The maximum Gasteiger partial charge on any atom is 0.295 e. The predicted molar refractivity (Wildman–Crippen MR) is 52.4 cm³/mol. The number of fused-ring (bicyclic) bond motifs is 1. The van der Waals surface area contributed by atoms with Gasteiger partial charge in [-0.15, -0.1) is 5.11 Å². The van der Waals surface area contributed by atoms with E-state index in [-0.39, 0.29) is 5.91 Å². The van der Waals surface area contributed by atoms with E-state index in [1.807, 2.05) is 0 Å². The molecule has 1 aliphatic rings. The minimum Gasteiger partial charge on any atom is -0.493 e. The number of nitrogens with zero attached hydrogens (tertiary/aromatic N) is 2. The molecule has 0 radical (unpaired) electrons. The number of carbonyl (C=O) groups excluding carboxylic acids is 1. The largest absolute Gasteiger partial charge is 0.493 e. The van der Waals surface area contributed by atoms with E-state index >= 15 is 0 Å². The first kappa shape index (κ1) is 9.64. The number of rotatable bonds is 2. The van der Waals surface area contributed by atoms with Gasteiger partial charge >= 0.3 is 0 Å². The highest BCUT2D eigenvalue weighted by Gasteiger charge is 2.19. The number of hydrogen-bond acceptors (Lipinski definition) is 4. The molecule has 0 unspecified atom stereocenters. The van der Waals surface area contributed by atoms with Gasteiger partial charge in [0.2, 0.25) is 0 Å². The Balaban J connectivity index is 2.56. The fourth-order valence-electron chi connectivity index (χ4n) is 1.48. The summed E-state index contributed by atoms with van der Waals surface area (Å²) in [6.45, 7) is 0.404. The van der Waals surface area contributed by atoms with Gasteiger partial charge in [0, 0.05) is 0 Å². The van der Waals surface area contributed by atoms with Crippen LogP contribution in [-0.4, -0.2) is 20.1 Å². The summed E-state index contributed by atoms with van der Waals surface area (Å²) in [5, 5.41) is 7.20. The average molecular weight is 206 g/mol. The molecule has 1 amide bonds. The lowest BCUT2D eigenvalue weighted by atomic mass is 10.1. The van der Waals surface area contributed by atoms with Crippen molar-refractivity contribution >= 4 is 5.91 Å². The number of ether oxygens (including phenoxy) is 2. The van der Waals surface area contributed by atoms with Crippen LogP contribution in [0.15, 0.2) is 22.4 Å². The molecule has 5 nitrogen and oxygen atoms in total. The fourth-order valence-corrected chi connectivity index (χ4v) is 1.48. The molecule has 1 heterocycles. The minimum atomic E-state index is -0.336. The van der Waals surface area contributed by atoms with Crippen molar-refractivity contribution in [3.8, 4) is 11.5 Å². The minimum absolute atomic E-state index is 0.336. The van der Waals surface area contributed by atoms with Crippen molar-refractivity contribution in [1.29, 1.82) is 0 Å². The normalized spacial score (nSPS) is 13.6. The molecule has 0 saturated carbocycles. The van der Waals surface area contributed by atoms with Gasteiger partial charge in [-0.25, -0.2) is 0 Å². The van der Waals surface area contributed by atoms with Crippen molar-refractivity contribution in [2.24, 2.45) is 10.2 Å². The lowest BCUT2D eigenvalue weighted by molar-refractivity contribution is 0.0987. The summed E-state index contributed by atoms with van der Waals surface area (Å²) in [6.07, 6.45) is 0. The van der Waals surface area contributed by atoms with Crippen LogP contribution >= 0.6 is 0 Å². The van der Waals surface area contributed by atoms with Crippen LogP contribution in [0.3, 0.4) is 0 Å². The molecule has 1 aliphatic heterocycles. The smallest absolute Gasteiger partial charge is 0.295 e. The van der Waals surface area contributed by atoms with Gasteiger partial charge in [0.15, 0.2) is 11.5 Å². The molecule has 0 aliphatic carbocycles. The van der Waals surface area contributed by atoms with E-state index in [9.17, 15) is 4.79 Å². The Bertz CT molecular complexity index is 441. The fraction of sp³-hybridized carbons (Fsp3) is 0.300. The maximum atomic E-state index is 11.4. The Morgan fingerprint density at radius 1 is 1.20 bits per heavy atom. The highest BCUT2D eigenvalue weighted by atomic mass is 16.5. The zero-order valence-corrected chi connectivity index (χ0v) is 8.48. The topological polar surface area (TPSA) is 60.2 Å². The molecule has 0 bridgehead atoms. The third-order valence-corrected chi connectivity index (χ3v) is 2.24. The molecule has 15 heavy (non-hydrogen) atoms. The number of benzene rings is 1. The van der Waals surface area contributed by atoms with Gasteiger partial charge < -0.3 is 9.47 Å². The molecule has 0 spiro atoms. The van der Waals surface area contributed by atoms with Crippen molar-refractivity contribution < 1.29 is 14.3 Å². The van der Waals surface area contributed by atoms with Crippen LogP contribution in [0.2, 0.25) is 0 Å². The van der Waals surface area contributed by atoms with Gasteiger partial charge in [0.25, 0.3) is 5.91 Å². The standard InChI is InChI=1S/C10H10N2O3/c1-14-8-3-6-5-11-12-10(13)7(6)4-9(8)15-2/h3-4H,5H2,1-2H3. The van der Waals surface area contributed by atoms with E-state index in [4.69, 9.17) is 9.47 Å². The van der Waals surface area contributed by atoms with Gasteiger partial charge in [-0.2, -0.15) is 5.11 Å². The first-order valence-electron chi connectivity index (χ1n) is 4.43. The summed E-state index contributed by atoms with van der Waals surface area (Å²) < 4.78 is 10.2. The number of carbonyl (C=O) groups is 1. The summed E-state index contributed by atoms with van der Waals surface area (Å²) in [5.74, 6) is 0.792. The van der Waals surface area contributed by atoms with Crippen LogP contribution < -0.4 is 9.47 Å². The highest BCUT2D eigenvalue weighted by Crippen LogP contribution is 2.32. The summed E-state index contributed by atoms with van der Waals surface area (Å²) in [4.78, 5) is 11.4. The van der Waals surface area contributed by atoms with Crippen molar-refractivity contribution in [3.05, 3.63) is 23.3 Å². The second-order valence-corrected chi connectivity index (χ2v) is 3.07. The third-order valence-electron chi connectivity index (χ3n) is 2.24. The van der Waals surface area contributed by atoms with Crippen LogP contribution in [0.4, 0.5) is 0 Å². The summed E-state index contributed by atoms with van der Waals surface area (Å²) in [6, 6.07) is 3.39. The molecule has 0 N–H and O–H groups in total. The van der Waals surface area contributed by atoms with E-state index in [1.54, 1.807) is 19.2 Å². The van der Waals surface area contributed by atoms with Crippen molar-refractivity contribution in [2.45, 2.75) is 6.54 Å². The molecule has 0 aromatic heterocycles. The average Bonchev–Trinajstić information content (AvgIpc) is 2.28. The number of amides is 1. The van der Waals surface area contributed by atoms with Crippen LogP contribution in [0.1, 0.15) is 15.9 Å². The van der Waals surface area contributed by atoms with Gasteiger partial charge in [-0.3, -0.25) is 4.79 Å². The van der Waals surface area contributed by atoms with Gasteiger partial charge in [0.05, 0.1) is 26.3 Å². The maximum absolute atomic E-state index is 11.4. The molecular formula is C10H10N2O3. The quantitative estimate of drug-likeness (QED) is 0.741. The van der Waals surface area contributed by atoms with Crippen LogP contribution in [0.5, 0.6) is 11.5 Å². The van der Waals surface area contributed by atoms with Crippen LogP contribution in [0.25, 0.3) is 0 Å². The second-order valence-electron chi connectivity index (χ2n) is 3.07. The van der Waals surface area contributed by atoms with Crippen molar-refractivity contribution in [1.82, 2.24) is 0 Å². The van der Waals surface area contributed by atoms with E-state index in [0.717, 1.165) is 5.56 Å². The Morgan fingerprint density at radius 3 is 2.53 bits per heavy atom. The second kappa shape index (κ2) is 3.68. The zero-order valence-electron chi connectivity index (χ0n) is 8.48. The van der Waals surface area contributed by atoms with Crippen LogP contribution in [0, 0.1) is 0 Å². The summed E-state index contributed by atoms with van der Waals surface area (Å²) in [5.41, 5.74) is 1.34. The SMILES string of the molecule is COc1cc2c(cc1OC)C(=O)N=NC2. The lowest BCUT2D eigenvalue weighted by Gasteiger charge is -2.13. The van der Waals surface area contributed by atoms with E-state index in [0.29, 0.717) is 23.6 Å². The molecule has 2 rings (SSSR count). The van der Waals surface area contributed by atoms with Crippen molar-refractivity contribution in [2.75, 3.05) is 14.2 Å². The monoisotopic (exact) mass is 206 g/mol. The van der Waals surface area contributed by atoms with E-state index < -0.39 is 0 Å². The highest BCUT2D eigenvalue weighted by molar-refractivity contribution is 5.97. The number of hydrogen-bond donors (Lipinski definition) is 0. The Kier molecular flexibility index (Phi) is 2.37. The van der Waals surface area contributed by atoms with Gasteiger partial charge in [-0.1, -0.05) is 0 Å². The molecule has 0 atom stereocenters. The lowest BCUT2D eigenvalue weighted by Crippen LogP contribution is -2.06. The molecule has 0 saturated heterocycles. The van der Waals surface area contributed by atoms with Crippen LogP contribution in [-0.2, 0) is 6.54 Å². The predicted octanol–water partition coefficient (Wildman–Crippen LogP) is 1.81. The first-order chi connectivity index (χ1) is 7.26. The molecular weight excluding hydrogens is 196 g/mol. The molecule has 78 valence electrons. The van der Waals surface area contributed by atoms with Gasteiger partial charge in [0.1, 0.15) is 0 Å². The summed E-state index contributed by atoms with van der Waals surface area (Å²) >= 11 is 0. The zero-order chi connectivity index (χ0) is 10.8. The third kappa shape index (κ3) is 1.56. The molecule has 1 aromatic rings. The van der Waals surface area contributed by atoms with Crippen molar-refractivity contribution in [3.63, 3.8) is 0 Å². The van der Waals surface area contributed by atoms with E-state index in [1.165, 1.54) is 7.11 Å². The number of azo groups is 1. The Labute approximate surface area is 86.7 Å². The molecule has 5 heteroatoms. The van der Waals surface area contributed by atoms with Gasteiger partial charge in [-0.05, 0) is 17.7 Å². The summed E-state index contributed by atoms with van der Waals surface area (Å²) in [7, 11) is 3.08. The molecule has 0 fully saturated rings. The first-order valence-corrected chi connectivity index (χ1v) is 4.43. The molecule has 1 aromatic carbocycles. The Morgan fingerprint density at radius 2 is 1.87 bits per heavy atom.